The van der Waals surface area contributed by atoms with E-state index in [1.165, 1.54) is 0 Å². The van der Waals surface area contributed by atoms with Crippen molar-refractivity contribution in [3.05, 3.63) is 63.1 Å². The van der Waals surface area contributed by atoms with Crippen LogP contribution < -0.4 is 10.5 Å². The second-order valence-corrected chi connectivity index (χ2v) is 5.88. The van der Waals surface area contributed by atoms with Gasteiger partial charge in [-0.3, -0.25) is 0 Å². The summed E-state index contributed by atoms with van der Waals surface area (Å²) in [6.07, 6.45) is 0. The number of methoxy groups -OCH3 is 1. The predicted octanol–water partition coefficient (Wildman–Crippen LogP) is 4.33. The minimum atomic E-state index is -0.674. The third-order valence-corrected chi connectivity index (χ3v) is 3.97. The molecular weight excluding hydrogens is 326 g/mol. The average molecular weight is 341 g/mol. The van der Waals surface area contributed by atoms with Crippen LogP contribution in [0.1, 0.15) is 18.1 Å². The van der Waals surface area contributed by atoms with Crippen molar-refractivity contribution in [3.8, 4) is 5.75 Å². The lowest BCUT2D eigenvalue weighted by molar-refractivity contribution is 0.413. The van der Waals surface area contributed by atoms with Crippen LogP contribution in [-0.4, -0.2) is 7.11 Å². The van der Waals surface area contributed by atoms with Gasteiger partial charge in [-0.25, -0.2) is 0 Å². The Labute approximate surface area is 126 Å². The van der Waals surface area contributed by atoms with Gasteiger partial charge in [-0.2, -0.15) is 0 Å². The van der Waals surface area contributed by atoms with Gasteiger partial charge in [0.15, 0.2) is 0 Å². The molecule has 2 aromatic rings. The molecule has 100 valence electrons. The number of hydrogen-bond donors (Lipinski definition) is 1. The van der Waals surface area contributed by atoms with Gasteiger partial charge in [0.1, 0.15) is 5.75 Å². The molecule has 19 heavy (non-hydrogen) atoms. The SMILES string of the molecule is COc1cccc(C(C)(N)c2ccc(Br)cc2Cl)c1. The number of hydrogen-bond acceptors (Lipinski definition) is 2. The summed E-state index contributed by atoms with van der Waals surface area (Å²) in [6.45, 7) is 1.94. The first-order valence-corrected chi connectivity index (χ1v) is 7.01. The molecular formula is C15H15BrClNO. The molecule has 0 saturated heterocycles. The standard InChI is InChI=1S/C15H15BrClNO/c1-15(18,10-4-3-5-12(8-10)19-2)13-7-6-11(16)9-14(13)17/h3-9H,18H2,1-2H3. The van der Waals surface area contributed by atoms with Gasteiger partial charge < -0.3 is 10.5 Å². The number of nitrogens with two attached hydrogens (primary N) is 1. The van der Waals surface area contributed by atoms with Gasteiger partial charge in [0.05, 0.1) is 12.6 Å². The first-order chi connectivity index (χ1) is 8.95. The third kappa shape index (κ3) is 2.94. The van der Waals surface area contributed by atoms with Crippen molar-refractivity contribution in [2.24, 2.45) is 5.73 Å². The highest BCUT2D eigenvalue weighted by Gasteiger charge is 2.26. The molecule has 0 radical (unpaired) electrons. The summed E-state index contributed by atoms with van der Waals surface area (Å²) in [5, 5.41) is 0.641. The maximum Gasteiger partial charge on any atom is 0.119 e. The van der Waals surface area contributed by atoms with Crippen LogP contribution in [0.4, 0.5) is 0 Å². The van der Waals surface area contributed by atoms with E-state index in [2.05, 4.69) is 15.9 Å². The van der Waals surface area contributed by atoms with Crippen molar-refractivity contribution in [2.75, 3.05) is 7.11 Å². The molecule has 2 aromatic carbocycles. The van der Waals surface area contributed by atoms with Crippen LogP contribution in [0, 0.1) is 0 Å². The Morgan fingerprint density at radius 2 is 1.95 bits per heavy atom. The van der Waals surface area contributed by atoms with E-state index in [-0.39, 0.29) is 0 Å². The molecule has 2 nitrogen and oxygen atoms in total. The molecule has 0 aromatic heterocycles. The lowest BCUT2D eigenvalue weighted by Crippen LogP contribution is -2.34. The molecule has 4 heteroatoms. The van der Waals surface area contributed by atoms with Crippen LogP contribution in [0.25, 0.3) is 0 Å². The molecule has 0 heterocycles. The molecule has 0 aliphatic carbocycles. The Morgan fingerprint density at radius 3 is 2.58 bits per heavy atom. The average Bonchev–Trinajstić information content (AvgIpc) is 2.38. The van der Waals surface area contributed by atoms with Crippen LogP contribution in [-0.2, 0) is 5.54 Å². The zero-order valence-electron chi connectivity index (χ0n) is 10.8. The Bertz CT molecular complexity index is 598. The van der Waals surface area contributed by atoms with Crippen molar-refractivity contribution in [2.45, 2.75) is 12.5 Å². The number of ether oxygens (including phenoxy) is 1. The smallest absolute Gasteiger partial charge is 0.119 e. The summed E-state index contributed by atoms with van der Waals surface area (Å²) in [6, 6.07) is 13.4. The summed E-state index contributed by atoms with van der Waals surface area (Å²) in [7, 11) is 1.64. The van der Waals surface area contributed by atoms with Crippen molar-refractivity contribution in [1.82, 2.24) is 0 Å². The van der Waals surface area contributed by atoms with Crippen molar-refractivity contribution in [3.63, 3.8) is 0 Å². The predicted molar refractivity (Wildman–Crippen MR) is 82.8 cm³/mol. The fraction of sp³-hybridized carbons (Fsp3) is 0.200. The largest absolute Gasteiger partial charge is 0.497 e. The normalized spacial score (nSPS) is 13.9. The molecule has 2 N–H and O–H groups in total. The molecule has 2 rings (SSSR count). The quantitative estimate of drug-likeness (QED) is 0.902. The molecule has 0 amide bonds. The summed E-state index contributed by atoms with van der Waals surface area (Å²) in [5.74, 6) is 0.780. The van der Waals surface area contributed by atoms with E-state index in [1.54, 1.807) is 7.11 Å². The van der Waals surface area contributed by atoms with Crippen LogP contribution in [0.2, 0.25) is 5.02 Å². The van der Waals surface area contributed by atoms with Crippen molar-refractivity contribution in [1.29, 1.82) is 0 Å². The highest BCUT2D eigenvalue weighted by atomic mass is 79.9. The van der Waals surface area contributed by atoms with Crippen molar-refractivity contribution >= 4 is 27.5 Å². The van der Waals surface area contributed by atoms with Gasteiger partial charge in [-0.15, -0.1) is 0 Å². The van der Waals surface area contributed by atoms with Gasteiger partial charge >= 0.3 is 0 Å². The van der Waals surface area contributed by atoms with Gasteiger partial charge in [0.25, 0.3) is 0 Å². The fourth-order valence-corrected chi connectivity index (χ4v) is 2.88. The molecule has 0 bridgehead atoms. The third-order valence-electron chi connectivity index (χ3n) is 3.16. The second-order valence-electron chi connectivity index (χ2n) is 4.56. The van der Waals surface area contributed by atoms with Gasteiger partial charge in [-0.1, -0.05) is 45.7 Å². The molecule has 0 saturated carbocycles. The van der Waals surface area contributed by atoms with Crippen LogP contribution in [0.15, 0.2) is 46.9 Å². The van der Waals surface area contributed by atoms with Crippen LogP contribution in [0.3, 0.4) is 0 Å². The minimum Gasteiger partial charge on any atom is -0.497 e. The van der Waals surface area contributed by atoms with Crippen LogP contribution in [0.5, 0.6) is 5.75 Å². The van der Waals surface area contributed by atoms with E-state index in [0.717, 1.165) is 21.3 Å². The first-order valence-electron chi connectivity index (χ1n) is 5.84. The molecule has 1 atom stereocenters. The molecule has 0 aliphatic rings. The van der Waals surface area contributed by atoms with Crippen molar-refractivity contribution < 1.29 is 4.74 Å². The summed E-state index contributed by atoms with van der Waals surface area (Å²) >= 11 is 9.69. The number of benzene rings is 2. The topological polar surface area (TPSA) is 35.2 Å². The van der Waals surface area contributed by atoms with E-state index in [9.17, 15) is 0 Å². The van der Waals surface area contributed by atoms with E-state index in [0.29, 0.717) is 5.02 Å². The van der Waals surface area contributed by atoms with Gasteiger partial charge in [-0.05, 0) is 42.3 Å². The Hall–Kier alpha value is -1.03. The highest BCUT2D eigenvalue weighted by molar-refractivity contribution is 9.10. The van der Waals surface area contributed by atoms with E-state index >= 15 is 0 Å². The van der Waals surface area contributed by atoms with E-state index in [4.69, 9.17) is 22.1 Å². The summed E-state index contributed by atoms with van der Waals surface area (Å²) < 4.78 is 6.17. The number of halogens is 2. The Kier molecular flexibility index (Phi) is 4.19. The molecule has 0 aliphatic heterocycles. The summed E-state index contributed by atoms with van der Waals surface area (Å²) in [4.78, 5) is 0. The van der Waals surface area contributed by atoms with E-state index < -0.39 is 5.54 Å². The van der Waals surface area contributed by atoms with Gasteiger partial charge in [0, 0.05) is 9.50 Å². The zero-order chi connectivity index (χ0) is 14.0. The zero-order valence-corrected chi connectivity index (χ0v) is 13.1. The summed E-state index contributed by atoms with van der Waals surface area (Å²) in [5.41, 5.74) is 7.64. The Morgan fingerprint density at radius 1 is 1.21 bits per heavy atom. The first kappa shape index (κ1) is 14.4. The highest BCUT2D eigenvalue weighted by Crippen LogP contribution is 2.34. The minimum absolute atomic E-state index is 0.641. The van der Waals surface area contributed by atoms with Gasteiger partial charge in [0.2, 0.25) is 0 Å². The molecule has 1 unspecified atom stereocenters. The lowest BCUT2D eigenvalue weighted by Gasteiger charge is -2.27. The van der Waals surface area contributed by atoms with E-state index in [1.807, 2.05) is 49.4 Å². The van der Waals surface area contributed by atoms with Crippen LogP contribution >= 0.6 is 27.5 Å². The monoisotopic (exact) mass is 339 g/mol. The second kappa shape index (κ2) is 5.53. The lowest BCUT2D eigenvalue weighted by atomic mass is 9.85. The number of rotatable bonds is 3. The molecule has 0 fully saturated rings. The molecule has 0 spiro atoms. The maximum absolute atomic E-state index is 6.48. The maximum atomic E-state index is 6.48. The fourth-order valence-electron chi connectivity index (χ4n) is 2.01. The Balaban J connectivity index is 2.51.